The molecule has 38 heavy (non-hydrogen) atoms. The molecule has 0 bridgehead atoms. The van der Waals surface area contributed by atoms with Crippen molar-refractivity contribution < 1.29 is 14.3 Å². The van der Waals surface area contributed by atoms with Gasteiger partial charge in [0.15, 0.2) is 5.75 Å². The minimum absolute atomic E-state index is 0.0780. The van der Waals surface area contributed by atoms with Gasteiger partial charge in [-0.1, -0.05) is 36.1 Å². The van der Waals surface area contributed by atoms with E-state index in [0.717, 1.165) is 24.1 Å². The Kier molecular flexibility index (Phi) is 6.09. The quantitative estimate of drug-likeness (QED) is 0.339. The molecule has 0 spiro atoms. The van der Waals surface area contributed by atoms with E-state index in [1.54, 1.807) is 25.6 Å². The minimum Gasteiger partial charge on any atom is -0.493 e. The number of carbonyl (C=O) groups excluding carboxylic acids is 2. The van der Waals surface area contributed by atoms with Crippen LogP contribution in [0, 0.1) is 17.8 Å². The molecule has 9 heteroatoms. The molecule has 3 N–H and O–H groups in total. The Labute approximate surface area is 225 Å². The van der Waals surface area contributed by atoms with Crippen molar-refractivity contribution in [3.63, 3.8) is 0 Å². The largest absolute Gasteiger partial charge is 0.493 e. The zero-order valence-corrected chi connectivity index (χ0v) is 21.6. The summed E-state index contributed by atoms with van der Waals surface area (Å²) in [5.74, 6) is 7.35. The number of likely N-dealkylation sites (tertiary alicyclic amines) is 1. The molecule has 1 saturated heterocycles. The van der Waals surface area contributed by atoms with Gasteiger partial charge in [-0.3, -0.25) is 14.6 Å². The highest BCUT2D eigenvalue weighted by Crippen LogP contribution is 2.48. The Morgan fingerprint density at radius 3 is 3.03 bits per heavy atom. The van der Waals surface area contributed by atoms with Gasteiger partial charge in [0.05, 0.1) is 46.4 Å². The molecule has 3 atom stereocenters. The average Bonchev–Trinajstić information content (AvgIpc) is 3.43. The Morgan fingerprint density at radius 2 is 2.21 bits per heavy atom. The maximum atomic E-state index is 13.0. The van der Waals surface area contributed by atoms with Crippen LogP contribution in [0.4, 0.5) is 11.4 Å². The van der Waals surface area contributed by atoms with E-state index in [1.807, 2.05) is 23.1 Å². The summed E-state index contributed by atoms with van der Waals surface area (Å²) in [6.07, 6.45) is 7.34. The van der Waals surface area contributed by atoms with Crippen molar-refractivity contribution in [2.24, 2.45) is 5.92 Å². The van der Waals surface area contributed by atoms with Gasteiger partial charge in [0.1, 0.15) is 0 Å². The zero-order valence-electron chi connectivity index (χ0n) is 20.8. The number of para-hydroxylation sites is 1. The van der Waals surface area contributed by atoms with E-state index in [-0.39, 0.29) is 23.9 Å². The number of piperidine rings is 1. The van der Waals surface area contributed by atoms with Crippen LogP contribution in [-0.4, -0.2) is 52.4 Å². The summed E-state index contributed by atoms with van der Waals surface area (Å²) in [6, 6.07) is 7.39. The SMILES string of the molecule is C=CC(=O)N1[C@H](C#Cc2cnccc2-c2[nH]c3c(c2Nc2cccc(Cl)c2OC)C(=O)NCC3)C[C@@H]2C[C@@H]21. The van der Waals surface area contributed by atoms with Gasteiger partial charge in [0.2, 0.25) is 5.91 Å². The van der Waals surface area contributed by atoms with E-state index >= 15 is 0 Å². The molecule has 2 amide bonds. The summed E-state index contributed by atoms with van der Waals surface area (Å²) in [6.45, 7) is 4.20. The van der Waals surface area contributed by atoms with Gasteiger partial charge in [-0.25, -0.2) is 0 Å². The van der Waals surface area contributed by atoms with Gasteiger partial charge in [0, 0.05) is 42.7 Å². The van der Waals surface area contributed by atoms with Crippen molar-refractivity contribution in [2.45, 2.75) is 31.3 Å². The Bertz CT molecular complexity index is 1530. The van der Waals surface area contributed by atoms with Crippen molar-refractivity contribution in [3.8, 4) is 28.8 Å². The molecule has 2 aromatic heterocycles. The highest BCUT2D eigenvalue weighted by atomic mass is 35.5. The lowest BCUT2D eigenvalue weighted by Gasteiger charge is -2.22. The first kappa shape index (κ1) is 24.1. The summed E-state index contributed by atoms with van der Waals surface area (Å²) < 4.78 is 5.53. The van der Waals surface area contributed by atoms with Crippen molar-refractivity contribution in [1.29, 1.82) is 0 Å². The number of amides is 2. The van der Waals surface area contributed by atoms with Crippen LogP contribution in [0.5, 0.6) is 5.75 Å². The first-order chi connectivity index (χ1) is 18.5. The fourth-order valence-electron chi connectivity index (χ4n) is 5.54. The summed E-state index contributed by atoms with van der Waals surface area (Å²) >= 11 is 6.37. The first-order valence-electron chi connectivity index (χ1n) is 12.5. The van der Waals surface area contributed by atoms with Crippen LogP contribution in [0.2, 0.25) is 5.02 Å². The van der Waals surface area contributed by atoms with Gasteiger partial charge >= 0.3 is 0 Å². The number of H-pyrrole nitrogens is 1. The van der Waals surface area contributed by atoms with Gasteiger partial charge in [-0.05, 0) is 43.0 Å². The number of hydrogen-bond acceptors (Lipinski definition) is 5. The lowest BCUT2D eigenvalue weighted by atomic mass is 10.0. The van der Waals surface area contributed by atoms with Crippen LogP contribution in [0.1, 0.15) is 34.5 Å². The number of carbonyl (C=O) groups is 2. The third-order valence-electron chi connectivity index (χ3n) is 7.39. The van der Waals surface area contributed by atoms with Crippen molar-refractivity contribution in [3.05, 3.63) is 71.2 Å². The second kappa shape index (κ2) is 9.58. The number of rotatable bonds is 5. The average molecular weight is 528 g/mol. The van der Waals surface area contributed by atoms with Crippen molar-refractivity contribution in [1.82, 2.24) is 20.2 Å². The standard InChI is InChI=1S/C29H26ClN5O3/c1-3-24(36)35-18(13-17-14-23(17)35)8-7-16-15-31-11-9-19(16)26-27(25-21(33-26)10-12-32-29(25)37)34-22-6-4-5-20(30)28(22)38-2/h3-6,9,11,15,17-18,23,33-34H,1,10,12-14H2,2H3,(H,32,37)/t17-,18-,23+/m1/s1. The number of aromatic nitrogens is 2. The number of ether oxygens (including phenoxy) is 1. The number of hydrogen-bond donors (Lipinski definition) is 3. The smallest absolute Gasteiger partial charge is 0.255 e. The van der Waals surface area contributed by atoms with Crippen molar-refractivity contribution in [2.75, 3.05) is 19.0 Å². The number of nitrogens with one attached hydrogen (secondary N) is 3. The summed E-state index contributed by atoms with van der Waals surface area (Å²) in [4.78, 5) is 35.1. The van der Waals surface area contributed by atoms with Crippen LogP contribution in [0.25, 0.3) is 11.3 Å². The molecule has 6 rings (SSSR count). The van der Waals surface area contributed by atoms with Crippen LogP contribution < -0.4 is 15.4 Å². The van der Waals surface area contributed by atoms with E-state index in [2.05, 4.69) is 39.0 Å². The number of benzene rings is 1. The first-order valence-corrected chi connectivity index (χ1v) is 12.9. The summed E-state index contributed by atoms with van der Waals surface area (Å²) in [7, 11) is 1.55. The third kappa shape index (κ3) is 4.09. The molecule has 0 radical (unpaired) electrons. The van der Waals surface area contributed by atoms with E-state index in [1.165, 1.54) is 6.08 Å². The number of anilines is 2. The van der Waals surface area contributed by atoms with Crippen molar-refractivity contribution >= 4 is 34.8 Å². The van der Waals surface area contributed by atoms with Gasteiger partial charge in [0.25, 0.3) is 5.91 Å². The van der Waals surface area contributed by atoms with Crippen LogP contribution in [0.3, 0.4) is 0 Å². The lowest BCUT2D eigenvalue weighted by Crippen LogP contribution is -2.36. The van der Waals surface area contributed by atoms with Crippen LogP contribution in [-0.2, 0) is 11.2 Å². The van der Waals surface area contributed by atoms with Crippen LogP contribution in [0.15, 0.2) is 49.3 Å². The topological polar surface area (TPSA) is 99.3 Å². The van der Waals surface area contributed by atoms with Crippen LogP contribution >= 0.6 is 11.6 Å². The van der Waals surface area contributed by atoms with E-state index < -0.39 is 0 Å². The predicted molar refractivity (Wildman–Crippen MR) is 146 cm³/mol. The molecule has 3 aliphatic rings. The molecule has 3 aromatic rings. The maximum Gasteiger partial charge on any atom is 0.255 e. The highest BCUT2D eigenvalue weighted by Gasteiger charge is 2.53. The Morgan fingerprint density at radius 1 is 1.34 bits per heavy atom. The number of fused-ring (bicyclic) bond motifs is 2. The van der Waals surface area contributed by atoms with E-state index in [9.17, 15) is 9.59 Å². The van der Waals surface area contributed by atoms with E-state index in [0.29, 0.717) is 57.9 Å². The molecular formula is C29H26ClN5O3. The normalized spacial score (nSPS) is 20.9. The number of methoxy groups -OCH3 is 1. The Balaban J connectivity index is 1.43. The molecule has 1 aliphatic carbocycles. The minimum atomic E-state index is -0.164. The monoisotopic (exact) mass is 527 g/mol. The summed E-state index contributed by atoms with van der Waals surface area (Å²) in [5, 5.41) is 6.79. The molecule has 1 aromatic carbocycles. The van der Waals surface area contributed by atoms with Gasteiger partial charge in [-0.15, -0.1) is 0 Å². The predicted octanol–water partition coefficient (Wildman–Crippen LogP) is 4.30. The number of pyridine rings is 1. The molecular weight excluding hydrogens is 502 g/mol. The van der Waals surface area contributed by atoms with Gasteiger partial charge in [-0.2, -0.15) is 0 Å². The molecule has 2 aliphatic heterocycles. The van der Waals surface area contributed by atoms with E-state index in [4.69, 9.17) is 16.3 Å². The fraction of sp³-hybridized carbons (Fsp3) is 0.276. The molecule has 0 unspecified atom stereocenters. The molecule has 2 fully saturated rings. The highest BCUT2D eigenvalue weighted by molar-refractivity contribution is 6.32. The summed E-state index contributed by atoms with van der Waals surface area (Å²) in [5.41, 5.74) is 4.82. The second-order valence-corrected chi connectivity index (χ2v) is 10.0. The lowest BCUT2D eigenvalue weighted by molar-refractivity contribution is -0.126. The molecule has 192 valence electrons. The number of aromatic amines is 1. The Hall–Kier alpha value is -4.22. The van der Waals surface area contributed by atoms with Gasteiger partial charge < -0.3 is 25.3 Å². The molecule has 4 heterocycles. The number of halogens is 1. The zero-order chi connectivity index (χ0) is 26.4. The second-order valence-electron chi connectivity index (χ2n) is 9.63. The number of nitrogens with zero attached hydrogens (tertiary/aromatic N) is 2. The molecule has 8 nitrogen and oxygen atoms in total. The molecule has 1 saturated carbocycles. The third-order valence-corrected chi connectivity index (χ3v) is 7.69. The maximum absolute atomic E-state index is 13.0. The fourth-order valence-corrected chi connectivity index (χ4v) is 5.79.